The lowest BCUT2D eigenvalue weighted by Crippen LogP contribution is -2.33. The van der Waals surface area contributed by atoms with Crippen molar-refractivity contribution in [2.45, 2.75) is 36.7 Å². The Kier molecular flexibility index (Phi) is 4.23. The first-order chi connectivity index (χ1) is 12.5. The van der Waals surface area contributed by atoms with Crippen molar-refractivity contribution in [2.24, 2.45) is 5.92 Å². The molecule has 2 heterocycles. The van der Waals surface area contributed by atoms with Crippen LogP contribution in [0.4, 0.5) is 11.6 Å². The van der Waals surface area contributed by atoms with Gasteiger partial charge >= 0.3 is 0 Å². The molecule has 4 rings (SSSR count). The number of benzene rings is 1. The zero-order valence-electron chi connectivity index (χ0n) is 13.9. The van der Waals surface area contributed by atoms with Crippen molar-refractivity contribution in [2.75, 3.05) is 10.0 Å². The smallest absolute Gasteiger partial charge is 0.264 e. The van der Waals surface area contributed by atoms with E-state index in [1.54, 1.807) is 18.2 Å². The Labute approximate surface area is 151 Å². The van der Waals surface area contributed by atoms with Crippen molar-refractivity contribution in [1.29, 1.82) is 0 Å². The van der Waals surface area contributed by atoms with Crippen LogP contribution >= 0.6 is 0 Å². The molecule has 1 saturated carbocycles. The highest BCUT2D eigenvalue weighted by atomic mass is 32.2. The fourth-order valence-corrected chi connectivity index (χ4v) is 4.28. The van der Waals surface area contributed by atoms with Crippen molar-refractivity contribution in [3.63, 3.8) is 0 Å². The van der Waals surface area contributed by atoms with Crippen molar-refractivity contribution in [1.82, 2.24) is 9.97 Å². The minimum atomic E-state index is -3.89. The number of aromatic nitrogens is 2. The summed E-state index contributed by atoms with van der Waals surface area (Å²) in [5.41, 5.74) is 0.438. The van der Waals surface area contributed by atoms with Crippen LogP contribution in [0, 0.1) is 5.92 Å². The maximum Gasteiger partial charge on any atom is 0.264 e. The maximum atomic E-state index is 12.6. The summed E-state index contributed by atoms with van der Waals surface area (Å²) in [5, 5.41) is 2.82. The number of sulfonamides is 1. The molecule has 1 amide bonds. The number of ether oxygens (including phenoxy) is 1. The van der Waals surface area contributed by atoms with Gasteiger partial charge in [-0.2, -0.15) is 4.98 Å². The Morgan fingerprint density at radius 1 is 1.19 bits per heavy atom. The number of hydrogen-bond acceptors (Lipinski definition) is 6. The minimum absolute atomic E-state index is 0.0174. The van der Waals surface area contributed by atoms with Gasteiger partial charge in [0.25, 0.3) is 10.0 Å². The number of fused-ring (bicyclic) bond motifs is 6. The lowest BCUT2D eigenvalue weighted by molar-refractivity contribution is -0.121. The summed E-state index contributed by atoms with van der Waals surface area (Å²) >= 11 is 0. The van der Waals surface area contributed by atoms with E-state index in [-0.39, 0.29) is 34.7 Å². The molecule has 1 aliphatic heterocycles. The van der Waals surface area contributed by atoms with E-state index in [4.69, 9.17) is 4.74 Å². The Balaban J connectivity index is 1.77. The SMILES string of the molecule is O=C1Nc2cccc(c2)S(=O)(=O)Nc2nccc(n2)OC2CCCC1C2. The van der Waals surface area contributed by atoms with E-state index >= 15 is 0 Å². The first-order valence-electron chi connectivity index (χ1n) is 8.43. The first-order valence-corrected chi connectivity index (χ1v) is 9.91. The normalized spacial score (nSPS) is 24.4. The number of nitrogens with zero attached hydrogens (tertiary/aromatic N) is 2. The second-order valence-electron chi connectivity index (χ2n) is 6.44. The third-order valence-electron chi connectivity index (χ3n) is 4.55. The third kappa shape index (κ3) is 3.48. The van der Waals surface area contributed by atoms with Gasteiger partial charge in [-0.1, -0.05) is 6.07 Å². The molecule has 1 aromatic heterocycles. The summed E-state index contributed by atoms with van der Waals surface area (Å²) in [6.45, 7) is 0. The third-order valence-corrected chi connectivity index (χ3v) is 5.88. The molecular weight excluding hydrogens is 356 g/mol. The minimum Gasteiger partial charge on any atom is -0.474 e. The zero-order valence-corrected chi connectivity index (χ0v) is 14.7. The number of amides is 1. The van der Waals surface area contributed by atoms with Gasteiger partial charge < -0.3 is 10.1 Å². The maximum absolute atomic E-state index is 12.6. The lowest BCUT2D eigenvalue weighted by atomic mass is 9.86. The fourth-order valence-electron chi connectivity index (χ4n) is 3.28. The molecule has 26 heavy (non-hydrogen) atoms. The predicted octanol–water partition coefficient (Wildman–Crippen LogP) is 2.17. The molecule has 1 fully saturated rings. The van der Waals surface area contributed by atoms with Crippen LogP contribution in [0.2, 0.25) is 0 Å². The van der Waals surface area contributed by atoms with Crippen LogP contribution in [-0.4, -0.2) is 30.4 Å². The summed E-state index contributed by atoms with van der Waals surface area (Å²) < 4.78 is 33.4. The van der Waals surface area contributed by atoms with Gasteiger partial charge in [0.2, 0.25) is 17.7 Å². The standard InChI is InChI=1S/C17H18N4O4S/c22-16-11-3-1-5-13(9-11)25-15-7-8-18-17(20-15)21-26(23,24)14-6-2-4-12(10-14)19-16/h2,4,6-8,10-11,13H,1,3,5,9H2,(H,19,22)(H,18,20,21). The monoisotopic (exact) mass is 374 g/mol. The average molecular weight is 374 g/mol. The molecule has 2 atom stereocenters. The van der Waals surface area contributed by atoms with E-state index in [1.807, 2.05) is 0 Å². The van der Waals surface area contributed by atoms with Crippen LogP contribution in [0.25, 0.3) is 0 Å². The first kappa shape index (κ1) is 16.8. The van der Waals surface area contributed by atoms with Gasteiger partial charge in [0.1, 0.15) is 6.10 Å². The van der Waals surface area contributed by atoms with E-state index in [0.29, 0.717) is 12.1 Å². The Bertz CT molecular complexity index is 947. The molecule has 1 aliphatic carbocycles. The molecule has 9 heteroatoms. The molecule has 6 bridgehead atoms. The van der Waals surface area contributed by atoms with Crippen molar-refractivity contribution in [3.8, 4) is 5.88 Å². The Morgan fingerprint density at radius 3 is 2.96 bits per heavy atom. The summed E-state index contributed by atoms with van der Waals surface area (Å²) in [7, 11) is -3.89. The highest BCUT2D eigenvalue weighted by molar-refractivity contribution is 7.92. The number of hydrogen-bond donors (Lipinski definition) is 2. The second-order valence-corrected chi connectivity index (χ2v) is 8.13. The molecule has 1 aromatic carbocycles. The van der Waals surface area contributed by atoms with Gasteiger partial charge in [0.15, 0.2) is 0 Å². The second kappa shape index (κ2) is 6.56. The van der Waals surface area contributed by atoms with Crippen LogP contribution in [0.1, 0.15) is 25.7 Å². The molecule has 2 N–H and O–H groups in total. The van der Waals surface area contributed by atoms with Gasteiger partial charge in [0.05, 0.1) is 4.90 Å². The van der Waals surface area contributed by atoms with Gasteiger partial charge in [-0.25, -0.2) is 18.1 Å². The van der Waals surface area contributed by atoms with E-state index in [1.165, 1.54) is 18.3 Å². The fraction of sp³-hybridized carbons (Fsp3) is 0.353. The summed E-state index contributed by atoms with van der Waals surface area (Å²) in [6.07, 6.45) is 4.37. The highest BCUT2D eigenvalue weighted by Gasteiger charge is 2.29. The number of anilines is 2. The van der Waals surface area contributed by atoms with Crippen LogP contribution in [0.3, 0.4) is 0 Å². The van der Waals surface area contributed by atoms with Gasteiger partial charge in [-0.3, -0.25) is 4.79 Å². The average Bonchev–Trinajstić information content (AvgIpc) is 2.61. The molecule has 0 radical (unpaired) electrons. The highest BCUT2D eigenvalue weighted by Crippen LogP contribution is 2.29. The van der Waals surface area contributed by atoms with Crippen LogP contribution < -0.4 is 14.8 Å². The quantitative estimate of drug-likeness (QED) is 0.731. The Morgan fingerprint density at radius 2 is 2.08 bits per heavy atom. The molecule has 2 aromatic rings. The van der Waals surface area contributed by atoms with Gasteiger partial charge in [-0.15, -0.1) is 0 Å². The van der Waals surface area contributed by atoms with Crippen LogP contribution in [0.5, 0.6) is 5.88 Å². The lowest BCUT2D eigenvalue weighted by Gasteiger charge is -2.28. The van der Waals surface area contributed by atoms with Gasteiger partial charge in [0, 0.05) is 23.9 Å². The summed E-state index contributed by atoms with van der Waals surface area (Å²) in [5.74, 6) is -0.0754. The number of nitrogens with one attached hydrogen (secondary N) is 2. The molecule has 0 spiro atoms. The molecular formula is C17H18N4O4S. The number of carbonyl (C=O) groups is 1. The van der Waals surface area contributed by atoms with Crippen molar-refractivity contribution >= 4 is 27.6 Å². The zero-order chi connectivity index (χ0) is 18.1. The Hall–Kier alpha value is -2.68. The van der Waals surface area contributed by atoms with Crippen molar-refractivity contribution < 1.29 is 17.9 Å². The van der Waals surface area contributed by atoms with Crippen molar-refractivity contribution in [3.05, 3.63) is 36.5 Å². The van der Waals surface area contributed by atoms with Crippen LogP contribution in [0.15, 0.2) is 41.4 Å². The molecule has 2 unspecified atom stereocenters. The molecule has 2 aliphatic rings. The van der Waals surface area contributed by atoms with E-state index < -0.39 is 10.0 Å². The van der Waals surface area contributed by atoms with Gasteiger partial charge in [-0.05, 0) is 43.9 Å². The predicted molar refractivity (Wildman–Crippen MR) is 94.3 cm³/mol. The number of rotatable bonds is 0. The molecule has 8 nitrogen and oxygen atoms in total. The van der Waals surface area contributed by atoms with E-state index in [0.717, 1.165) is 19.3 Å². The van der Waals surface area contributed by atoms with E-state index in [2.05, 4.69) is 20.0 Å². The molecule has 136 valence electrons. The molecule has 0 saturated heterocycles. The van der Waals surface area contributed by atoms with E-state index in [9.17, 15) is 13.2 Å². The number of carbonyl (C=O) groups excluding carboxylic acids is 1. The summed E-state index contributed by atoms with van der Waals surface area (Å²) in [6, 6.07) is 7.69. The van der Waals surface area contributed by atoms with Crippen LogP contribution in [-0.2, 0) is 14.8 Å². The summed E-state index contributed by atoms with van der Waals surface area (Å²) in [4.78, 5) is 20.7. The topological polar surface area (TPSA) is 110 Å². The largest absolute Gasteiger partial charge is 0.474 e.